The van der Waals surface area contributed by atoms with Gasteiger partial charge in [0.25, 0.3) is 17.4 Å². The molecule has 1 atom stereocenters. The minimum Gasteiger partial charge on any atom is -0.464 e. The van der Waals surface area contributed by atoms with Gasteiger partial charge in [-0.1, -0.05) is 0 Å². The maximum Gasteiger partial charge on any atom is 0.360 e. The van der Waals surface area contributed by atoms with Gasteiger partial charge < -0.3 is 20.1 Å². The molecule has 0 saturated heterocycles. The Hall–Kier alpha value is -3.42. The Kier molecular flexibility index (Phi) is 4.57. The van der Waals surface area contributed by atoms with Gasteiger partial charge in [0, 0.05) is 29.7 Å². The zero-order valence-corrected chi connectivity index (χ0v) is 14.2. The maximum atomic E-state index is 12.2. The van der Waals surface area contributed by atoms with Crippen LogP contribution in [0, 0.1) is 0 Å². The van der Waals surface area contributed by atoms with Gasteiger partial charge in [0.2, 0.25) is 0 Å². The number of benzene rings is 1. The second kappa shape index (κ2) is 6.83. The smallest absolute Gasteiger partial charge is 0.360 e. The molecular formula is C18H17N3O5. The van der Waals surface area contributed by atoms with E-state index in [9.17, 15) is 14.4 Å². The van der Waals surface area contributed by atoms with E-state index in [0.717, 1.165) is 0 Å². The van der Waals surface area contributed by atoms with E-state index in [2.05, 4.69) is 15.6 Å². The van der Waals surface area contributed by atoms with Crippen molar-refractivity contribution in [2.75, 3.05) is 17.2 Å². The van der Waals surface area contributed by atoms with E-state index in [0.29, 0.717) is 16.9 Å². The van der Waals surface area contributed by atoms with Crippen LogP contribution in [0.1, 0.15) is 24.2 Å². The first-order chi connectivity index (χ1) is 12.4. The molecule has 134 valence electrons. The van der Waals surface area contributed by atoms with Gasteiger partial charge in [-0.05, 0) is 38.1 Å². The van der Waals surface area contributed by atoms with Crippen LogP contribution in [-0.2, 0) is 14.3 Å². The number of nitrogens with one attached hydrogen (secondary N) is 2. The third-order valence-electron chi connectivity index (χ3n) is 3.84. The first-order valence-electron chi connectivity index (χ1n) is 7.97. The Morgan fingerprint density at radius 1 is 1.27 bits per heavy atom. The molecule has 0 spiro atoms. The summed E-state index contributed by atoms with van der Waals surface area (Å²) in [5.74, 6) is -1.46. The van der Waals surface area contributed by atoms with Gasteiger partial charge in [-0.15, -0.1) is 0 Å². The second-order valence-electron chi connectivity index (χ2n) is 5.71. The van der Waals surface area contributed by atoms with Crippen LogP contribution < -0.4 is 15.4 Å². The molecular weight excluding hydrogens is 338 g/mol. The molecule has 26 heavy (non-hydrogen) atoms. The topological polar surface area (TPSA) is 107 Å². The van der Waals surface area contributed by atoms with Gasteiger partial charge in [-0.25, -0.2) is 4.79 Å². The minimum atomic E-state index is -1.79. The number of hydrogen-bond acceptors (Lipinski definition) is 6. The standard InChI is InChI=1S/C18H17N3O5/c1-3-25-17(24)18(2)16(23)21-13-5-4-12(10-14(13)26-18)20-15(22)11-6-8-19-9-7-11/h4-10H,3H2,1-2H3,(H,20,22)(H,21,23)/t18-/m0/s1. The SMILES string of the molecule is CCOC(=O)[C@@]1(C)Oc2cc(NC(=O)c3ccncc3)ccc2NC1=O. The summed E-state index contributed by atoms with van der Waals surface area (Å²) >= 11 is 0. The lowest BCUT2D eigenvalue weighted by Crippen LogP contribution is -2.55. The second-order valence-corrected chi connectivity index (χ2v) is 5.71. The third-order valence-corrected chi connectivity index (χ3v) is 3.84. The lowest BCUT2D eigenvalue weighted by atomic mass is 10.0. The average molecular weight is 355 g/mol. The molecule has 0 saturated carbocycles. The predicted octanol–water partition coefficient (Wildman–Crippen LogP) is 1.99. The molecule has 3 rings (SSSR count). The number of fused-ring (bicyclic) bond motifs is 1. The number of nitrogens with zero attached hydrogens (tertiary/aromatic N) is 1. The first kappa shape index (κ1) is 17.4. The number of ether oxygens (including phenoxy) is 2. The number of carbonyl (C=O) groups excluding carboxylic acids is 3. The number of amides is 2. The molecule has 8 heteroatoms. The largest absolute Gasteiger partial charge is 0.464 e. The molecule has 1 aliphatic heterocycles. The highest BCUT2D eigenvalue weighted by Crippen LogP contribution is 2.36. The summed E-state index contributed by atoms with van der Waals surface area (Å²) in [4.78, 5) is 40.4. The fourth-order valence-corrected chi connectivity index (χ4v) is 2.41. The van der Waals surface area contributed by atoms with Crippen LogP contribution in [0.3, 0.4) is 0 Å². The quantitative estimate of drug-likeness (QED) is 0.642. The zero-order chi connectivity index (χ0) is 18.7. The van der Waals surface area contributed by atoms with Gasteiger partial charge >= 0.3 is 5.97 Å². The molecule has 1 aromatic heterocycles. The van der Waals surface area contributed by atoms with Crippen molar-refractivity contribution in [3.05, 3.63) is 48.3 Å². The number of carbonyl (C=O) groups is 3. The predicted molar refractivity (Wildman–Crippen MR) is 92.9 cm³/mol. The lowest BCUT2D eigenvalue weighted by molar-refractivity contribution is -0.165. The number of pyridine rings is 1. The summed E-state index contributed by atoms with van der Waals surface area (Å²) in [6, 6.07) is 7.91. The van der Waals surface area contributed by atoms with Crippen LogP contribution in [0.15, 0.2) is 42.7 Å². The van der Waals surface area contributed by atoms with E-state index < -0.39 is 17.5 Å². The molecule has 0 radical (unpaired) electrons. The third kappa shape index (κ3) is 3.21. The van der Waals surface area contributed by atoms with Crippen molar-refractivity contribution >= 4 is 29.2 Å². The molecule has 2 N–H and O–H groups in total. The van der Waals surface area contributed by atoms with Crippen LogP contribution in [0.5, 0.6) is 5.75 Å². The van der Waals surface area contributed by atoms with Crippen molar-refractivity contribution in [2.24, 2.45) is 0 Å². The molecule has 2 amide bonds. The molecule has 0 fully saturated rings. The highest BCUT2D eigenvalue weighted by Gasteiger charge is 2.48. The van der Waals surface area contributed by atoms with Gasteiger partial charge in [-0.2, -0.15) is 0 Å². The number of esters is 1. The number of rotatable bonds is 4. The summed E-state index contributed by atoms with van der Waals surface area (Å²) < 4.78 is 10.5. The minimum absolute atomic E-state index is 0.125. The van der Waals surface area contributed by atoms with Gasteiger partial charge in [-0.3, -0.25) is 14.6 Å². The molecule has 0 bridgehead atoms. The Morgan fingerprint density at radius 3 is 2.69 bits per heavy atom. The van der Waals surface area contributed by atoms with Crippen LogP contribution in [-0.4, -0.2) is 35.0 Å². The highest BCUT2D eigenvalue weighted by molar-refractivity contribution is 6.14. The molecule has 0 unspecified atom stereocenters. The van der Waals surface area contributed by atoms with Crippen molar-refractivity contribution in [3.8, 4) is 5.75 Å². The normalized spacial score (nSPS) is 18.2. The van der Waals surface area contributed by atoms with Gasteiger partial charge in [0.15, 0.2) is 0 Å². The zero-order valence-electron chi connectivity index (χ0n) is 14.2. The molecule has 8 nitrogen and oxygen atoms in total. The molecule has 1 aliphatic rings. The van der Waals surface area contributed by atoms with Gasteiger partial charge in [0.1, 0.15) is 5.75 Å². The molecule has 2 heterocycles. The van der Waals surface area contributed by atoms with E-state index in [4.69, 9.17) is 9.47 Å². The van der Waals surface area contributed by atoms with Crippen LogP contribution in [0.25, 0.3) is 0 Å². The lowest BCUT2D eigenvalue weighted by Gasteiger charge is -2.32. The van der Waals surface area contributed by atoms with Crippen molar-refractivity contribution in [2.45, 2.75) is 19.4 Å². The highest BCUT2D eigenvalue weighted by atomic mass is 16.6. The Bertz CT molecular complexity index is 868. The molecule has 1 aromatic carbocycles. The first-order valence-corrected chi connectivity index (χ1v) is 7.97. The fraction of sp³-hybridized carbons (Fsp3) is 0.222. The van der Waals surface area contributed by atoms with E-state index in [1.165, 1.54) is 25.4 Å². The van der Waals surface area contributed by atoms with E-state index >= 15 is 0 Å². The summed E-state index contributed by atoms with van der Waals surface area (Å²) in [5.41, 5.74) is -0.494. The monoisotopic (exact) mass is 355 g/mol. The molecule has 2 aromatic rings. The van der Waals surface area contributed by atoms with Crippen molar-refractivity contribution < 1.29 is 23.9 Å². The average Bonchev–Trinajstić information content (AvgIpc) is 2.64. The van der Waals surface area contributed by atoms with Crippen molar-refractivity contribution in [3.63, 3.8) is 0 Å². The summed E-state index contributed by atoms with van der Waals surface area (Å²) in [6.45, 7) is 3.11. The Balaban J connectivity index is 1.83. The van der Waals surface area contributed by atoms with Crippen LogP contribution >= 0.6 is 0 Å². The van der Waals surface area contributed by atoms with E-state index in [1.807, 2.05) is 0 Å². The number of anilines is 2. The molecule has 0 aliphatic carbocycles. The van der Waals surface area contributed by atoms with E-state index in [-0.39, 0.29) is 18.3 Å². The van der Waals surface area contributed by atoms with Crippen molar-refractivity contribution in [1.29, 1.82) is 0 Å². The maximum absolute atomic E-state index is 12.2. The van der Waals surface area contributed by atoms with E-state index in [1.54, 1.807) is 31.2 Å². The Labute approximate surface area is 149 Å². The van der Waals surface area contributed by atoms with Crippen LogP contribution in [0.4, 0.5) is 11.4 Å². The summed E-state index contributed by atoms with van der Waals surface area (Å²) in [5, 5.41) is 5.34. The van der Waals surface area contributed by atoms with Crippen LogP contribution in [0.2, 0.25) is 0 Å². The Morgan fingerprint density at radius 2 is 2.00 bits per heavy atom. The number of hydrogen-bond donors (Lipinski definition) is 2. The fourth-order valence-electron chi connectivity index (χ4n) is 2.41. The summed E-state index contributed by atoms with van der Waals surface area (Å²) in [6.07, 6.45) is 3.04. The van der Waals surface area contributed by atoms with Crippen molar-refractivity contribution in [1.82, 2.24) is 4.98 Å². The van der Waals surface area contributed by atoms with Gasteiger partial charge in [0.05, 0.1) is 12.3 Å². The summed E-state index contributed by atoms with van der Waals surface area (Å²) in [7, 11) is 0. The number of aromatic nitrogens is 1.